The minimum absolute atomic E-state index is 0.156. The topological polar surface area (TPSA) is 44.4 Å². The van der Waals surface area contributed by atoms with Crippen molar-refractivity contribution in [3.63, 3.8) is 0 Å². The van der Waals surface area contributed by atoms with Crippen molar-refractivity contribution >= 4 is 6.03 Å². The van der Waals surface area contributed by atoms with Gasteiger partial charge in [-0.2, -0.15) is 0 Å². The van der Waals surface area contributed by atoms with Crippen LogP contribution < -0.4 is 10.6 Å². The van der Waals surface area contributed by atoms with Gasteiger partial charge in [0.2, 0.25) is 0 Å². The molecule has 2 amide bonds. The molecule has 0 aromatic heterocycles. The SMILES string of the molecule is O=C(NCC#Cc1ccccc1)NCCCN1CCc2ccccc2C1. The molecule has 0 radical (unpaired) electrons. The highest BCUT2D eigenvalue weighted by Crippen LogP contribution is 2.18. The van der Waals surface area contributed by atoms with Crippen LogP contribution >= 0.6 is 0 Å². The molecule has 0 fully saturated rings. The highest BCUT2D eigenvalue weighted by Gasteiger charge is 2.14. The zero-order valence-electron chi connectivity index (χ0n) is 15.0. The number of hydrogen-bond acceptors (Lipinski definition) is 2. The lowest BCUT2D eigenvalue weighted by Gasteiger charge is -2.28. The molecule has 26 heavy (non-hydrogen) atoms. The van der Waals surface area contributed by atoms with Gasteiger partial charge in [0, 0.05) is 31.7 Å². The Morgan fingerprint density at radius 2 is 1.77 bits per heavy atom. The van der Waals surface area contributed by atoms with Crippen molar-refractivity contribution < 1.29 is 4.79 Å². The minimum Gasteiger partial charge on any atom is -0.338 e. The Kier molecular flexibility index (Phi) is 6.69. The second kappa shape index (κ2) is 9.65. The van der Waals surface area contributed by atoms with E-state index in [1.54, 1.807) is 0 Å². The highest BCUT2D eigenvalue weighted by molar-refractivity contribution is 5.74. The fourth-order valence-electron chi connectivity index (χ4n) is 3.10. The molecule has 134 valence electrons. The van der Waals surface area contributed by atoms with Gasteiger partial charge in [-0.15, -0.1) is 0 Å². The van der Waals surface area contributed by atoms with Crippen molar-refractivity contribution in [1.82, 2.24) is 15.5 Å². The van der Waals surface area contributed by atoms with Crippen molar-refractivity contribution in [3.05, 3.63) is 71.3 Å². The van der Waals surface area contributed by atoms with Gasteiger partial charge in [0.05, 0.1) is 6.54 Å². The summed E-state index contributed by atoms with van der Waals surface area (Å²) in [6.45, 7) is 4.14. The summed E-state index contributed by atoms with van der Waals surface area (Å²) in [6, 6.07) is 18.3. The quantitative estimate of drug-likeness (QED) is 0.645. The Hall–Kier alpha value is -2.77. The molecule has 0 saturated heterocycles. The summed E-state index contributed by atoms with van der Waals surface area (Å²) in [5.74, 6) is 5.97. The molecule has 2 aromatic rings. The zero-order valence-corrected chi connectivity index (χ0v) is 15.0. The normalized spacial score (nSPS) is 13.2. The molecule has 3 rings (SSSR count). The number of amides is 2. The lowest BCUT2D eigenvalue weighted by atomic mass is 10.00. The first-order valence-corrected chi connectivity index (χ1v) is 9.16. The monoisotopic (exact) mass is 347 g/mol. The van der Waals surface area contributed by atoms with Gasteiger partial charge in [-0.05, 0) is 36.1 Å². The molecule has 4 nitrogen and oxygen atoms in total. The zero-order chi connectivity index (χ0) is 18.0. The Bertz CT molecular complexity index is 777. The van der Waals surface area contributed by atoms with Crippen LogP contribution in [-0.2, 0) is 13.0 Å². The maximum atomic E-state index is 11.8. The van der Waals surface area contributed by atoms with Crippen LogP contribution in [-0.4, -0.2) is 37.1 Å². The van der Waals surface area contributed by atoms with Crippen LogP contribution in [0.25, 0.3) is 0 Å². The van der Waals surface area contributed by atoms with Crippen molar-refractivity contribution in [3.8, 4) is 11.8 Å². The Morgan fingerprint density at radius 3 is 2.62 bits per heavy atom. The standard InChI is InChI=1S/C22H25N3O/c26-22(23-14-6-10-19-8-2-1-3-9-19)24-15-7-16-25-17-13-20-11-4-5-12-21(20)18-25/h1-5,8-9,11-12H,7,13-18H2,(H2,23,24,26). The second-order valence-corrected chi connectivity index (χ2v) is 6.43. The van der Waals surface area contributed by atoms with Crippen molar-refractivity contribution in [1.29, 1.82) is 0 Å². The summed E-state index contributed by atoms with van der Waals surface area (Å²) in [7, 11) is 0. The predicted octanol–water partition coefficient (Wildman–Crippen LogP) is 2.79. The van der Waals surface area contributed by atoms with Gasteiger partial charge in [-0.1, -0.05) is 54.3 Å². The van der Waals surface area contributed by atoms with Crippen LogP contribution in [0.2, 0.25) is 0 Å². The number of fused-ring (bicyclic) bond motifs is 1. The minimum atomic E-state index is -0.156. The molecule has 2 aromatic carbocycles. The predicted molar refractivity (Wildman–Crippen MR) is 105 cm³/mol. The molecule has 1 aliphatic heterocycles. The number of hydrogen-bond donors (Lipinski definition) is 2. The summed E-state index contributed by atoms with van der Waals surface area (Å²) in [5.41, 5.74) is 3.86. The maximum Gasteiger partial charge on any atom is 0.315 e. The Labute approximate surface area is 155 Å². The van der Waals surface area contributed by atoms with E-state index in [1.165, 1.54) is 11.1 Å². The van der Waals surface area contributed by atoms with Crippen LogP contribution in [0.3, 0.4) is 0 Å². The first-order valence-electron chi connectivity index (χ1n) is 9.16. The third kappa shape index (κ3) is 5.65. The van der Waals surface area contributed by atoms with Gasteiger partial charge >= 0.3 is 6.03 Å². The fourth-order valence-corrected chi connectivity index (χ4v) is 3.10. The third-order valence-corrected chi connectivity index (χ3v) is 4.49. The number of benzene rings is 2. The summed E-state index contributed by atoms with van der Waals surface area (Å²) in [4.78, 5) is 14.2. The van der Waals surface area contributed by atoms with Crippen molar-refractivity contribution in [2.75, 3.05) is 26.2 Å². The van der Waals surface area contributed by atoms with E-state index in [0.717, 1.165) is 38.0 Å². The van der Waals surface area contributed by atoms with Gasteiger partial charge in [0.1, 0.15) is 0 Å². The van der Waals surface area contributed by atoms with Gasteiger partial charge in [0.15, 0.2) is 0 Å². The Balaban J connectivity index is 1.28. The average molecular weight is 347 g/mol. The van der Waals surface area contributed by atoms with E-state index >= 15 is 0 Å². The van der Waals surface area contributed by atoms with Gasteiger partial charge in [-0.3, -0.25) is 4.90 Å². The average Bonchev–Trinajstić information content (AvgIpc) is 2.69. The Morgan fingerprint density at radius 1 is 1.00 bits per heavy atom. The van der Waals surface area contributed by atoms with Crippen LogP contribution in [0.5, 0.6) is 0 Å². The molecule has 1 aliphatic rings. The van der Waals surface area contributed by atoms with E-state index in [2.05, 4.69) is 51.6 Å². The van der Waals surface area contributed by atoms with Gasteiger partial charge < -0.3 is 10.6 Å². The molecule has 1 heterocycles. The molecular formula is C22H25N3O. The van der Waals surface area contributed by atoms with Gasteiger partial charge in [-0.25, -0.2) is 4.79 Å². The van der Waals surface area contributed by atoms with Crippen LogP contribution in [0, 0.1) is 11.8 Å². The van der Waals surface area contributed by atoms with Crippen LogP contribution in [0.1, 0.15) is 23.1 Å². The molecule has 0 unspecified atom stereocenters. The molecule has 0 aliphatic carbocycles. The number of carbonyl (C=O) groups excluding carboxylic acids is 1. The number of nitrogens with one attached hydrogen (secondary N) is 2. The van der Waals surface area contributed by atoms with Gasteiger partial charge in [0.25, 0.3) is 0 Å². The largest absolute Gasteiger partial charge is 0.338 e. The van der Waals surface area contributed by atoms with E-state index in [9.17, 15) is 4.79 Å². The number of rotatable bonds is 5. The smallest absolute Gasteiger partial charge is 0.315 e. The van der Waals surface area contributed by atoms with E-state index in [-0.39, 0.29) is 6.03 Å². The molecular weight excluding hydrogens is 322 g/mol. The molecule has 0 saturated carbocycles. The number of carbonyl (C=O) groups is 1. The third-order valence-electron chi connectivity index (χ3n) is 4.49. The van der Waals surface area contributed by atoms with Crippen LogP contribution in [0.4, 0.5) is 4.79 Å². The molecule has 4 heteroatoms. The molecule has 0 spiro atoms. The first kappa shape index (κ1) is 18.0. The summed E-state index contributed by atoms with van der Waals surface area (Å²) < 4.78 is 0. The highest BCUT2D eigenvalue weighted by atomic mass is 16.2. The van der Waals surface area contributed by atoms with E-state index in [4.69, 9.17) is 0 Å². The number of nitrogens with zero attached hydrogens (tertiary/aromatic N) is 1. The van der Waals surface area contributed by atoms with E-state index < -0.39 is 0 Å². The molecule has 0 atom stereocenters. The molecule has 2 N–H and O–H groups in total. The first-order chi connectivity index (χ1) is 12.8. The maximum absolute atomic E-state index is 11.8. The summed E-state index contributed by atoms with van der Waals surface area (Å²) in [6.07, 6.45) is 2.06. The fraction of sp³-hybridized carbons (Fsp3) is 0.318. The van der Waals surface area contributed by atoms with E-state index in [0.29, 0.717) is 13.1 Å². The number of urea groups is 1. The lowest BCUT2D eigenvalue weighted by Crippen LogP contribution is -2.38. The van der Waals surface area contributed by atoms with E-state index in [1.807, 2.05) is 30.3 Å². The summed E-state index contributed by atoms with van der Waals surface area (Å²) >= 11 is 0. The van der Waals surface area contributed by atoms with Crippen molar-refractivity contribution in [2.45, 2.75) is 19.4 Å². The molecule has 0 bridgehead atoms. The van der Waals surface area contributed by atoms with Crippen LogP contribution in [0.15, 0.2) is 54.6 Å². The second-order valence-electron chi connectivity index (χ2n) is 6.43. The summed E-state index contributed by atoms with van der Waals surface area (Å²) in [5, 5.41) is 5.66. The van der Waals surface area contributed by atoms with Crippen molar-refractivity contribution in [2.24, 2.45) is 0 Å². The lowest BCUT2D eigenvalue weighted by molar-refractivity contribution is 0.235.